The molecule has 8 heteroatoms. The predicted octanol–water partition coefficient (Wildman–Crippen LogP) is 5.18. The zero-order valence-corrected chi connectivity index (χ0v) is 22.0. The first-order chi connectivity index (χ1) is 14.4. The molecule has 2 atom stereocenters. The van der Waals surface area contributed by atoms with Crippen LogP contribution in [0.25, 0.3) is 0 Å². The molecule has 31 heavy (non-hydrogen) atoms. The van der Waals surface area contributed by atoms with Crippen LogP contribution in [0, 0.1) is 5.41 Å². The summed E-state index contributed by atoms with van der Waals surface area (Å²) >= 11 is 3.45. The van der Waals surface area contributed by atoms with E-state index in [9.17, 15) is 9.59 Å². The number of likely N-dealkylation sites (tertiary alicyclic amines) is 1. The lowest BCUT2D eigenvalue weighted by molar-refractivity contribution is -0.156. The third-order valence-corrected chi connectivity index (χ3v) is 11.3. The number of nitrogens with zero attached hydrogens (tertiary/aromatic N) is 1. The number of hydrogen-bond acceptors (Lipinski definition) is 5. The molecule has 1 amide bonds. The average molecular weight is 513 g/mol. The number of methoxy groups -OCH3 is 1. The first-order valence-corrected chi connectivity index (χ1v) is 14.1. The van der Waals surface area contributed by atoms with Crippen LogP contribution in [0.5, 0.6) is 0 Å². The summed E-state index contributed by atoms with van der Waals surface area (Å²) < 4.78 is 18.2. The van der Waals surface area contributed by atoms with E-state index in [1.54, 1.807) is 4.90 Å². The van der Waals surface area contributed by atoms with Crippen molar-refractivity contribution in [3.05, 3.63) is 47.0 Å². The lowest BCUT2D eigenvalue weighted by Gasteiger charge is -2.42. The van der Waals surface area contributed by atoms with Crippen LogP contribution >= 0.6 is 15.9 Å². The van der Waals surface area contributed by atoms with E-state index in [0.29, 0.717) is 6.42 Å². The fourth-order valence-electron chi connectivity index (χ4n) is 3.53. The van der Waals surface area contributed by atoms with Crippen molar-refractivity contribution < 1.29 is 23.5 Å². The van der Waals surface area contributed by atoms with Gasteiger partial charge in [-0.15, -0.1) is 0 Å². The van der Waals surface area contributed by atoms with Crippen molar-refractivity contribution in [2.45, 2.75) is 51.4 Å². The van der Waals surface area contributed by atoms with Gasteiger partial charge in [-0.1, -0.05) is 61.5 Å². The largest absolute Gasteiger partial charge is 0.468 e. The standard InChI is InChI=1S/C23H34BrNO5Si/c1-8-13-29-21(27)25-15-19(30-31(6,7)22(2,3)4)23(16-25,20(26)28-5)14-17-9-11-18(24)12-10-17/h8-12,19H,1,13-16H2,2-7H3/t19-,23+/m0/s1. The minimum absolute atomic E-state index is 0.0523. The van der Waals surface area contributed by atoms with Crippen molar-refractivity contribution in [1.29, 1.82) is 0 Å². The van der Waals surface area contributed by atoms with Gasteiger partial charge in [0, 0.05) is 11.0 Å². The molecular formula is C23H34BrNO5Si. The summed E-state index contributed by atoms with van der Waals surface area (Å²) in [6.07, 6.45) is 0.941. The highest BCUT2D eigenvalue weighted by Crippen LogP contribution is 2.44. The third-order valence-electron chi connectivity index (χ3n) is 6.33. The summed E-state index contributed by atoms with van der Waals surface area (Å²) in [4.78, 5) is 27.5. The van der Waals surface area contributed by atoms with Crippen LogP contribution in [0.15, 0.2) is 41.4 Å². The maximum absolute atomic E-state index is 13.2. The Labute approximate surface area is 195 Å². The summed E-state index contributed by atoms with van der Waals surface area (Å²) in [5.41, 5.74) is -0.0515. The number of esters is 1. The van der Waals surface area contributed by atoms with Crippen molar-refractivity contribution in [2.75, 3.05) is 26.8 Å². The van der Waals surface area contributed by atoms with E-state index in [-0.39, 0.29) is 30.7 Å². The summed E-state index contributed by atoms with van der Waals surface area (Å²) in [5.74, 6) is -0.377. The van der Waals surface area contributed by atoms with Crippen molar-refractivity contribution in [1.82, 2.24) is 4.90 Å². The zero-order chi connectivity index (χ0) is 23.4. The second-order valence-electron chi connectivity index (χ2n) is 9.56. The Balaban J connectivity index is 2.48. The Kier molecular flexibility index (Phi) is 8.16. The molecule has 1 aromatic carbocycles. The van der Waals surface area contributed by atoms with Crippen LogP contribution in [0.4, 0.5) is 4.79 Å². The Morgan fingerprint density at radius 3 is 2.42 bits per heavy atom. The molecular weight excluding hydrogens is 478 g/mol. The van der Waals surface area contributed by atoms with Crippen LogP contribution in [0.3, 0.4) is 0 Å². The van der Waals surface area contributed by atoms with Gasteiger partial charge in [-0.05, 0) is 42.2 Å². The van der Waals surface area contributed by atoms with Crippen LogP contribution in [-0.2, 0) is 25.1 Å². The molecule has 1 aromatic rings. The van der Waals surface area contributed by atoms with E-state index in [1.165, 1.54) is 13.2 Å². The highest BCUT2D eigenvalue weighted by atomic mass is 79.9. The smallest absolute Gasteiger partial charge is 0.410 e. The summed E-state index contributed by atoms with van der Waals surface area (Å²) in [5, 5.41) is -0.0523. The number of ether oxygens (including phenoxy) is 2. The molecule has 0 spiro atoms. The molecule has 6 nitrogen and oxygen atoms in total. The molecule has 1 aliphatic rings. The molecule has 1 saturated heterocycles. The molecule has 172 valence electrons. The fourth-order valence-corrected chi connectivity index (χ4v) is 5.16. The number of rotatable bonds is 7. The SMILES string of the molecule is C=CCOC(=O)N1C[C@H](O[Si](C)(C)C(C)(C)C)[C@](Cc2ccc(Br)cc2)(C(=O)OC)C1. The molecule has 0 radical (unpaired) electrons. The Bertz CT molecular complexity index is 805. The van der Waals surface area contributed by atoms with Gasteiger partial charge in [-0.2, -0.15) is 0 Å². The number of carbonyl (C=O) groups excluding carboxylic acids is 2. The number of halogens is 1. The maximum atomic E-state index is 13.2. The van der Waals surface area contributed by atoms with Crippen molar-refractivity contribution in [3.8, 4) is 0 Å². The first kappa shape index (κ1) is 25.6. The minimum atomic E-state index is -2.24. The van der Waals surface area contributed by atoms with Gasteiger partial charge in [0.1, 0.15) is 12.0 Å². The van der Waals surface area contributed by atoms with Gasteiger partial charge in [0.2, 0.25) is 0 Å². The van der Waals surface area contributed by atoms with E-state index in [2.05, 4.69) is 56.4 Å². The minimum Gasteiger partial charge on any atom is -0.468 e. The average Bonchev–Trinajstić information content (AvgIpc) is 3.05. The van der Waals surface area contributed by atoms with Gasteiger partial charge in [0.05, 0.1) is 19.8 Å². The highest BCUT2D eigenvalue weighted by Gasteiger charge is 2.57. The lowest BCUT2D eigenvalue weighted by Crippen LogP contribution is -2.52. The second-order valence-corrected chi connectivity index (χ2v) is 15.2. The van der Waals surface area contributed by atoms with E-state index in [4.69, 9.17) is 13.9 Å². The van der Waals surface area contributed by atoms with Crippen LogP contribution in [-0.4, -0.2) is 58.2 Å². The summed E-state index contributed by atoms with van der Waals surface area (Å²) in [6.45, 7) is 14.9. The molecule has 0 saturated carbocycles. The van der Waals surface area contributed by atoms with Crippen LogP contribution in [0.2, 0.25) is 18.1 Å². The molecule has 0 bridgehead atoms. The Morgan fingerprint density at radius 2 is 1.90 bits per heavy atom. The number of carbonyl (C=O) groups is 2. The van der Waals surface area contributed by atoms with Crippen LogP contribution < -0.4 is 0 Å². The molecule has 2 rings (SSSR count). The molecule has 0 aliphatic carbocycles. The van der Waals surface area contributed by atoms with E-state index < -0.39 is 25.9 Å². The van der Waals surface area contributed by atoms with Crippen molar-refractivity contribution in [3.63, 3.8) is 0 Å². The highest BCUT2D eigenvalue weighted by molar-refractivity contribution is 9.10. The van der Waals surface area contributed by atoms with E-state index >= 15 is 0 Å². The quantitative estimate of drug-likeness (QED) is 0.286. The Morgan fingerprint density at radius 1 is 1.29 bits per heavy atom. The molecule has 0 unspecified atom stereocenters. The normalized spacial score (nSPS) is 21.6. The predicted molar refractivity (Wildman–Crippen MR) is 127 cm³/mol. The van der Waals surface area contributed by atoms with E-state index in [0.717, 1.165) is 10.0 Å². The lowest BCUT2D eigenvalue weighted by atomic mass is 9.79. The number of benzene rings is 1. The number of amides is 1. The first-order valence-electron chi connectivity index (χ1n) is 10.4. The van der Waals surface area contributed by atoms with Gasteiger partial charge in [0.15, 0.2) is 8.32 Å². The molecule has 1 fully saturated rings. The topological polar surface area (TPSA) is 65.1 Å². The van der Waals surface area contributed by atoms with E-state index in [1.807, 2.05) is 24.3 Å². The summed E-state index contributed by atoms with van der Waals surface area (Å²) in [6, 6.07) is 7.82. The molecule has 1 heterocycles. The number of hydrogen-bond donors (Lipinski definition) is 0. The molecule has 0 aromatic heterocycles. The molecule has 0 N–H and O–H groups in total. The van der Waals surface area contributed by atoms with Crippen LogP contribution in [0.1, 0.15) is 26.3 Å². The second kappa shape index (κ2) is 9.88. The third kappa shape index (κ3) is 5.78. The van der Waals surface area contributed by atoms with Gasteiger partial charge >= 0.3 is 12.1 Å². The van der Waals surface area contributed by atoms with Gasteiger partial charge in [-0.3, -0.25) is 4.79 Å². The zero-order valence-electron chi connectivity index (χ0n) is 19.4. The van der Waals surface area contributed by atoms with Crippen molar-refractivity contribution in [2.24, 2.45) is 5.41 Å². The Hall–Kier alpha value is -1.64. The van der Waals surface area contributed by atoms with Gasteiger partial charge in [0.25, 0.3) is 0 Å². The van der Waals surface area contributed by atoms with Crippen molar-refractivity contribution >= 4 is 36.3 Å². The van der Waals surface area contributed by atoms with Gasteiger partial charge < -0.3 is 18.8 Å². The monoisotopic (exact) mass is 511 g/mol. The summed E-state index contributed by atoms with van der Waals surface area (Å²) in [7, 11) is -0.861. The molecule has 1 aliphatic heterocycles. The fraction of sp³-hybridized carbons (Fsp3) is 0.565. The van der Waals surface area contributed by atoms with Gasteiger partial charge in [-0.25, -0.2) is 4.79 Å². The maximum Gasteiger partial charge on any atom is 0.410 e.